The predicted octanol–water partition coefficient (Wildman–Crippen LogP) is 2.40. The summed E-state index contributed by atoms with van der Waals surface area (Å²) in [4.78, 5) is 8.20. The van der Waals surface area contributed by atoms with Crippen molar-refractivity contribution in [3.8, 4) is 0 Å². The van der Waals surface area contributed by atoms with Gasteiger partial charge in [0.15, 0.2) is 0 Å². The van der Waals surface area contributed by atoms with E-state index >= 15 is 0 Å². The van der Waals surface area contributed by atoms with Gasteiger partial charge in [0.05, 0.1) is 4.47 Å². The minimum Gasteiger partial charge on any atom is -0.354 e. The summed E-state index contributed by atoms with van der Waals surface area (Å²) in [6, 6.07) is 0. The number of nitrogens with zero attached hydrogens (tertiary/aromatic N) is 2. The number of hydrogen-bond donors (Lipinski definition) is 1. The van der Waals surface area contributed by atoms with Crippen molar-refractivity contribution in [3.63, 3.8) is 0 Å². The summed E-state index contributed by atoms with van der Waals surface area (Å²) in [5.41, 5.74) is 0. The van der Waals surface area contributed by atoms with Gasteiger partial charge in [0, 0.05) is 18.9 Å². The molecule has 72 valence electrons. The van der Waals surface area contributed by atoms with Crippen LogP contribution in [0, 0.1) is 0 Å². The van der Waals surface area contributed by atoms with Crippen molar-refractivity contribution in [2.24, 2.45) is 0 Å². The molecule has 0 aliphatic heterocycles. The van der Waals surface area contributed by atoms with Crippen LogP contribution >= 0.6 is 27.7 Å². The van der Waals surface area contributed by atoms with Gasteiger partial charge >= 0.3 is 0 Å². The molecule has 0 unspecified atom stereocenters. The van der Waals surface area contributed by atoms with Crippen molar-refractivity contribution in [2.45, 2.75) is 6.42 Å². The maximum atomic E-state index is 4.10. The molecule has 0 bridgehead atoms. The molecular formula is C8H12BrN3S. The summed E-state index contributed by atoms with van der Waals surface area (Å²) in [5.74, 6) is 1.87. The third-order valence-corrected chi connectivity index (χ3v) is 2.54. The van der Waals surface area contributed by atoms with Crippen LogP contribution in [0.1, 0.15) is 6.42 Å². The molecule has 0 atom stereocenters. The monoisotopic (exact) mass is 261 g/mol. The first-order valence-electron chi connectivity index (χ1n) is 4.03. The number of hydrogen-bond acceptors (Lipinski definition) is 4. The number of thioether (sulfide) groups is 1. The lowest BCUT2D eigenvalue weighted by Crippen LogP contribution is -2.05. The predicted molar refractivity (Wildman–Crippen MR) is 61.2 cm³/mol. The second-order valence-electron chi connectivity index (χ2n) is 2.50. The lowest BCUT2D eigenvalue weighted by Gasteiger charge is -2.02. The highest BCUT2D eigenvalue weighted by Crippen LogP contribution is 2.06. The molecule has 0 aromatic carbocycles. The van der Waals surface area contributed by atoms with Crippen molar-refractivity contribution in [1.29, 1.82) is 0 Å². The van der Waals surface area contributed by atoms with Crippen LogP contribution in [0.4, 0.5) is 5.95 Å². The van der Waals surface area contributed by atoms with Crippen LogP contribution in [0.3, 0.4) is 0 Å². The van der Waals surface area contributed by atoms with E-state index in [0.717, 1.165) is 17.4 Å². The fourth-order valence-electron chi connectivity index (χ4n) is 0.820. The maximum Gasteiger partial charge on any atom is 0.222 e. The van der Waals surface area contributed by atoms with Gasteiger partial charge in [0.2, 0.25) is 5.95 Å². The van der Waals surface area contributed by atoms with Crippen molar-refractivity contribution in [2.75, 3.05) is 23.9 Å². The van der Waals surface area contributed by atoms with Gasteiger partial charge in [-0.05, 0) is 34.4 Å². The molecule has 0 saturated carbocycles. The van der Waals surface area contributed by atoms with Gasteiger partial charge in [-0.25, -0.2) is 9.97 Å². The number of nitrogens with one attached hydrogen (secondary N) is 1. The Morgan fingerprint density at radius 1 is 1.46 bits per heavy atom. The Morgan fingerprint density at radius 2 is 2.15 bits per heavy atom. The van der Waals surface area contributed by atoms with E-state index in [0.29, 0.717) is 5.95 Å². The van der Waals surface area contributed by atoms with Crippen LogP contribution in [-0.2, 0) is 0 Å². The lowest BCUT2D eigenvalue weighted by molar-refractivity contribution is 0.961. The summed E-state index contributed by atoms with van der Waals surface area (Å²) in [7, 11) is 0. The molecule has 5 heteroatoms. The number of anilines is 1. The highest BCUT2D eigenvalue weighted by Gasteiger charge is 1.93. The summed E-state index contributed by atoms with van der Waals surface area (Å²) in [5, 5.41) is 3.15. The molecule has 0 fully saturated rings. The molecule has 3 nitrogen and oxygen atoms in total. The molecule has 0 amide bonds. The molecule has 13 heavy (non-hydrogen) atoms. The van der Waals surface area contributed by atoms with E-state index in [9.17, 15) is 0 Å². The van der Waals surface area contributed by atoms with Gasteiger partial charge in [0.1, 0.15) is 0 Å². The van der Waals surface area contributed by atoms with Crippen molar-refractivity contribution >= 4 is 33.6 Å². The van der Waals surface area contributed by atoms with E-state index in [1.54, 1.807) is 12.4 Å². The summed E-state index contributed by atoms with van der Waals surface area (Å²) < 4.78 is 0.905. The molecule has 1 N–H and O–H groups in total. The number of halogens is 1. The Bertz CT molecular complexity index is 240. The first-order valence-corrected chi connectivity index (χ1v) is 6.22. The van der Waals surface area contributed by atoms with Gasteiger partial charge in [0.25, 0.3) is 0 Å². The standard InChI is InChI=1S/C8H12BrN3S/c1-13-4-2-3-10-8-11-5-7(9)6-12-8/h5-6H,2-4H2,1H3,(H,10,11,12). The summed E-state index contributed by atoms with van der Waals surface area (Å²) in [6.45, 7) is 0.933. The Labute approximate surface area is 90.9 Å². The first kappa shape index (κ1) is 10.8. The minimum absolute atomic E-state index is 0.698. The van der Waals surface area contributed by atoms with Crippen LogP contribution in [0.5, 0.6) is 0 Å². The SMILES string of the molecule is CSCCCNc1ncc(Br)cn1. The molecule has 0 spiro atoms. The summed E-state index contributed by atoms with van der Waals surface area (Å²) >= 11 is 5.13. The van der Waals surface area contributed by atoms with Crippen LogP contribution in [0.15, 0.2) is 16.9 Å². The first-order chi connectivity index (χ1) is 6.33. The van der Waals surface area contributed by atoms with Crippen LogP contribution in [-0.4, -0.2) is 28.5 Å². The zero-order valence-electron chi connectivity index (χ0n) is 7.46. The van der Waals surface area contributed by atoms with E-state index in [1.165, 1.54) is 5.75 Å². The van der Waals surface area contributed by atoms with Crippen molar-refractivity contribution in [3.05, 3.63) is 16.9 Å². The molecule has 1 aromatic heterocycles. The smallest absolute Gasteiger partial charge is 0.222 e. The molecule has 1 heterocycles. The quantitative estimate of drug-likeness (QED) is 0.827. The number of rotatable bonds is 5. The average molecular weight is 262 g/mol. The van der Waals surface area contributed by atoms with Gasteiger partial charge in [-0.2, -0.15) is 11.8 Å². The van der Waals surface area contributed by atoms with Crippen molar-refractivity contribution < 1.29 is 0 Å². The Kier molecular flexibility index (Phi) is 5.15. The van der Waals surface area contributed by atoms with E-state index in [1.807, 2.05) is 11.8 Å². The van der Waals surface area contributed by atoms with Crippen LogP contribution < -0.4 is 5.32 Å². The van der Waals surface area contributed by atoms with Gasteiger partial charge in [-0.15, -0.1) is 0 Å². The molecule has 1 aromatic rings. The average Bonchev–Trinajstić information content (AvgIpc) is 2.15. The zero-order valence-corrected chi connectivity index (χ0v) is 9.86. The molecule has 0 radical (unpaired) electrons. The zero-order chi connectivity index (χ0) is 9.52. The molecular weight excluding hydrogens is 250 g/mol. The van der Waals surface area contributed by atoms with E-state index in [4.69, 9.17) is 0 Å². The van der Waals surface area contributed by atoms with Crippen molar-refractivity contribution in [1.82, 2.24) is 9.97 Å². The van der Waals surface area contributed by atoms with Gasteiger partial charge in [-0.1, -0.05) is 0 Å². The third-order valence-electron chi connectivity index (χ3n) is 1.43. The van der Waals surface area contributed by atoms with Crippen LogP contribution in [0.25, 0.3) is 0 Å². The highest BCUT2D eigenvalue weighted by atomic mass is 79.9. The Hall–Kier alpha value is -0.290. The van der Waals surface area contributed by atoms with E-state index in [2.05, 4.69) is 37.5 Å². The molecule has 1 rings (SSSR count). The fourth-order valence-corrected chi connectivity index (χ4v) is 1.46. The minimum atomic E-state index is 0.698. The third kappa shape index (κ3) is 4.47. The second-order valence-corrected chi connectivity index (χ2v) is 4.40. The highest BCUT2D eigenvalue weighted by molar-refractivity contribution is 9.10. The van der Waals surface area contributed by atoms with Gasteiger partial charge in [-0.3, -0.25) is 0 Å². The van der Waals surface area contributed by atoms with Gasteiger partial charge < -0.3 is 5.32 Å². The molecule has 0 saturated heterocycles. The normalized spacial score (nSPS) is 10.0. The fraction of sp³-hybridized carbons (Fsp3) is 0.500. The topological polar surface area (TPSA) is 37.8 Å². The largest absolute Gasteiger partial charge is 0.354 e. The van der Waals surface area contributed by atoms with Crippen LogP contribution in [0.2, 0.25) is 0 Å². The summed E-state index contributed by atoms with van der Waals surface area (Å²) in [6.07, 6.45) is 6.73. The molecule has 0 aliphatic rings. The van der Waals surface area contributed by atoms with E-state index in [-0.39, 0.29) is 0 Å². The molecule has 0 aliphatic carbocycles. The Balaban J connectivity index is 2.25. The van der Waals surface area contributed by atoms with E-state index < -0.39 is 0 Å². The maximum absolute atomic E-state index is 4.10. The number of aromatic nitrogens is 2. The Morgan fingerprint density at radius 3 is 2.77 bits per heavy atom. The second kappa shape index (κ2) is 6.21. The lowest BCUT2D eigenvalue weighted by atomic mass is 10.5.